The van der Waals surface area contributed by atoms with Crippen LogP contribution in [-0.4, -0.2) is 52.3 Å². The molecule has 1 atom stereocenters. The minimum atomic E-state index is -4.55. The van der Waals surface area contributed by atoms with E-state index in [1.165, 1.54) is 28.1 Å². The van der Waals surface area contributed by atoms with E-state index in [-0.39, 0.29) is 18.2 Å². The fraction of sp³-hybridized carbons (Fsp3) is 0.500. The summed E-state index contributed by atoms with van der Waals surface area (Å²) < 4.78 is 65.6. The van der Waals surface area contributed by atoms with E-state index in [1.54, 1.807) is 0 Å². The molecule has 1 saturated heterocycles. The Labute approximate surface area is 176 Å². The normalized spacial score (nSPS) is 18.2. The van der Waals surface area contributed by atoms with Crippen LogP contribution in [0, 0.1) is 0 Å². The number of anilines is 1. The Morgan fingerprint density at radius 2 is 2.03 bits per heavy atom. The monoisotopic (exact) mass is 461 g/mol. The van der Waals surface area contributed by atoms with E-state index < -0.39 is 39.9 Å². The highest BCUT2D eigenvalue weighted by Gasteiger charge is 2.31. The summed E-state index contributed by atoms with van der Waals surface area (Å²) in [5, 5.41) is 6.52. The van der Waals surface area contributed by atoms with Gasteiger partial charge >= 0.3 is 11.9 Å². The number of nitrogens with one attached hydrogen (secondary N) is 1. The minimum Gasteiger partial charge on any atom is -0.324 e. The Hall–Kier alpha value is -2.67. The first-order valence-corrected chi connectivity index (χ1v) is 11.3. The smallest absolute Gasteiger partial charge is 0.324 e. The number of sulfonamides is 1. The minimum absolute atomic E-state index is 0.0555. The van der Waals surface area contributed by atoms with Crippen LogP contribution in [0.15, 0.2) is 29.1 Å². The van der Waals surface area contributed by atoms with E-state index in [2.05, 4.69) is 10.4 Å². The Morgan fingerprint density at radius 1 is 1.32 bits per heavy atom. The second-order valence-corrected chi connectivity index (χ2v) is 9.43. The third kappa shape index (κ3) is 5.34. The third-order valence-electron chi connectivity index (χ3n) is 5.06. The van der Waals surface area contributed by atoms with Gasteiger partial charge in [-0.15, -0.1) is 0 Å². The Morgan fingerprint density at radius 3 is 2.68 bits per heavy atom. The molecule has 31 heavy (non-hydrogen) atoms. The van der Waals surface area contributed by atoms with Crippen molar-refractivity contribution in [1.82, 2.24) is 18.7 Å². The molecule has 1 fully saturated rings. The van der Waals surface area contributed by atoms with Gasteiger partial charge in [0.15, 0.2) is 0 Å². The molecule has 0 radical (unpaired) electrons. The molecule has 1 aliphatic heterocycles. The van der Waals surface area contributed by atoms with E-state index in [1.807, 2.05) is 0 Å². The lowest BCUT2D eigenvalue weighted by Gasteiger charge is -2.30. The van der Waals surface area contributed by atoms with Crippen LogP contribution in [0.3, 0.4) is 0 Å². The van der Waals surface area contributed by atoms with Crippen molar-refractivity contribution in [3.63, 3.8) is 0 Å². The number of nitrogens with zero attached hydrogens (tertiary/aromatic N) is 4. The molecule has 3 rings (SSSR count). The summed E-state index contributed by atoms with van der Waals surface area (Å²) in [5.41, 5.74) is -1.54. The first kappa shape index (κ1) is 23.0. The van der Waals surface area contributed by atoms with Crippen LogP contribution in [0.2, 0.25) is 0 Å². The molecule has 9 nitrogen and oxygen atoms in total. The fourth-order valence-electron chi connectivity index (χ4n) is 3.53. The van der Waals surface area contributed by atoms with Crippen LogP contribution in [0.4, 0.5) is 18.9 Å². The first-order chi connectivity index (χ1) is 14.4. The number of halogens is 3. The average Bonchev–Trinajstić information content (AvgIpc) is 2.95. The number of carbonyl (C=O) groups excluding carboxylic acids is 1. The summed E-state index contributed by atoms with van der Waals surface area (Å²) >= 11 is 0. The number of piperidine rings is 1. The number of rotatable bonds is 5. The number of benzene rings is 1. The first-order valence-electron chi connectivity index (χ1n) is 9.42. The van der Waals surface area contributed by atoms with E-state index >= 15 is 0 Å². The lowest BCUT2D eigenvalue weighted by Crippen LogP contribution is -2.39. The molecule has 0 saturated carbocycles. The van der Waals surface area contributed by atoms with Crippen molar-refractivity contribution < 1.29 is 26.4 Å². The highest BCUT2D eigenvalue weighted by molar-refractivity contribution is 7.88. The van der Waals surface area contributed by atoms with Gasteiger partial charge < -0.3 is 5.32 Å². The number of aromatic nitrogens is 3. The number of alkyl halides is 3. The molecule has 1 unspecified atom stereocenters. The van der Waals surface area contributed by atoms with Crippen molar-refractivity contribution in [3.8, 4) is 0 Å². The number of hydrogen-bond donors (Lipinski definition) is 1. The zero-order chi connectivity index (χ0) is 23.0. The maximum absolute atomic E-state index is 12.8. The number of carbonyl (C=O) groups is 1. The number of hydrogen-bond acceptors (Lipinski definition) is 5. The summed E-state index contributed by atoms with van der Waals surface area (Å²) in [5.74, 6) is -0.674. The van der Waals surface area contributed by atoms with Crippen molar-refractivity contribution >= 4 is 21.6 Å². The van der Waals surface area contributed by atoms with Crippen LogP contribution in [0.5, 0.6) is 0 Å². The van der Waals surface area contributed by atoms with Gasteiger partial charge in [-0.05, 0) is 31.0 Å². The molecule has 1 aliphatic rings. The zero-order valence-electron chi connectivity index (χ0n) is 16.9. The summed E-state index contributed by atoms with van der Waals surface area (Å²) in [7, 11) is -1.91. The molecule has 13 heteroatoms. The van der Waals surface area contributed by atoms with Crippen molar-refractivity contribution in [2.75, 3.05) is 24.7 Å². The van der Waals surface area contributed by atoms with Crippen molar-refractivity contribution in [3.05, 3.63) is 46.1 Å². The molecule has 1 aromatic heterocycles. The van der Waals surface area contributed by atoms with Crippen LogP contribution in [0.25, 0.3) is 0 Å². The number of amides is 1. The second kappa shape index (κ2) is 8.46. The van der Waals surface area contributed by atoms with E-state index in [4.69, 9.17) is 0 Å². The molecule has 1 amide bonds. The van der Waals surface area contributed by atoms with E-state index in [9.17, 15) is 31.2 Å². The SMILES string of the molecule is Cn1c(C2CCCN(S(C)(=O)=O)C2)nn(CC(=O)Nc2cccc(C(F)(F)F)c2)c1=O. The van der Waals surface area contributed by atoms with Gasteiger partial charge in [0.2, 0.25) is 15.9 Å². The molecule has 0 bridgehead atoms. The van der Waals surface area contributed by atoms with Gasteiger partial charge in [0.1, 0.15) is 12.4 Å². The summed E-state index contributed by atoms with van der Waals surface area (Å²) in [6, 6.07) is 4.16. The molecule has 2 aromatic rings. The Kier molecular flexibility index (Phi) is 6.28. The highest BCUT2D eigenvalue weighted by atomic mass is 32.2. The molecule has 0 spiro atoms. The molecule has 0 aliphatic carbocycles. The van der Waals surface area contributed by atoms with Crippen LogP contribution in [-0.2, 0) is 34.6 Å². The van der Waals surface area contributed by atoms with E-state index in [0.717, 1.165) is 23.1 Å². The van der Waals surface area contributed by atoms with Gasteiger partial charge in [-0.2, -0.15) is 18.3 Å². The van der Waals surface area contributed by atoms with Crippen LogP contribution >= 0.6 is 0 Å². The lowest BCUT2D eigenvalue weighted by molar-refractivity contribution is -0.137. The topological polar surface area (TPSA) is 106 Å². The quantitative estimate of drug-likeness (QED) is 0.724. The van der Waals surface area contributed by atoms with Crippen molar-refractivity contribution in [2.24, 2.45) is 7.05 Å². The summed E-state index contributed by atoms with van der Waals surface area (Å²) in [6.45, 7) is 0.0777. The standard InChI is InChI=1S/C18H22F3N5O4S/c1-24-16(12-5-4-8-25(10-12)31(2,29)30)23-26(17(24)28)11-15(27)22-14-7-3-6-13(9-14)18(19,20)21/h3,6-7,9,12H,4-5,8,10-11H2,1-2H3,(H,22,27). The fourth-order valence-corrected chi connectivity index (χ4v) is 4.44. The van der Waals surface area contributed by atoms with Crippen molar-refractivity contribution in [2.45, 2.75) is 31.5 Å². The lowest BCUT2D eigenvalue weighted by atomic mass is 9.99. The van der Waals surface area contributed by atoms with Gasteiger partial charge in [-0.25, -0.2) is 22.2 Å². The molecule has 1 N–H and O–H groups in total. The predicted octanol–water partition coefficient (Wildman–Crippen LogP) is 1.38. The van der Waals surface area contributed by atoms with Gasteiger partial charge in [0.25, 0.3) is 0 Å². The highest BCUT2D eigenvalue weighted by Crippen LogP contribution is 2.30. The predicted molar refractivity (Wildman–Crippen MR) is 106 cm³/mol. The van der Waals surface area contributed by atoms with Crippen LogP contribution < -0.4 is 11.0 Å². The zero-order valence-corrected chi connectivity index (χ0v) is 17.7. The maximum Gasteiger partial charge on any atom is 0.416 e. The average molecular weight is 461 g/mol. The molecular weight excluding hydrogens is 439 g/mol. The molecule has 2 heterocycles. The van der Waals surface area contributed by atoms with Gasteiger partial charge in [0, 0.05) is 31.7 Å². The van der Waals surface area contributed by atoms with Gasteiger partial charge in [0.05, 0.1) is 11.8 Å². The van der Waals surface area contributed by atoms with E-state index in [0.29, 0.717) is 25.2 Å². The Balaban J connectivity index is 1.75. The Bertz CT molecular complexity index is 1140. The molecule has 170 valence electrons. The molecular formula is C18H22F3N5O4S. The van der Waals surface area contributed by atoms with Crippen LogP contribution in [0.1, 0.15) is 30.1 Å². The summed E-state index contributed by atoms with van der Waals surface area (Å²) in [6.07, 6.45) is -2.19. The maximum atomic E-state index is 12.8. The molecule has 1 aromatic carbocycles. The summed E-state index contributed by atoms with van der Waals surface area (Å²) in [4.78, 5) is 24.8. The van der Waals surface area contributed by atoms with Gasteiger partial charge in [-0.1, -0.05) is 6.07 Å². The van der Waals surface area contributed by atoms with Gasteiger partial charge in [-0.3, -0.25) is 9.36 Å². The van der Waals surface area contributed by atoms with Crippen molar-refractivity contribution in [1.29, 1.82) is 0 Å². The third-order valence-corrected chi connectivity index (χ3v) is 6.33. The second-order valence-electron chi connectivity index (χ2n) is 7.44. The largest absolute Gasteiger partial charge is 0.416 e.